The Balaban J connectivity index is 2.71. The van der Waals surface area contributed by atoms with Gasteiger partial charge in [-0.15, -0.1) is 0 Å². The Hall–Kier alpha value is -1.21. The third kappa shape index (κ3) is 4.11. The van der Waals surface area contributed by atoms with Crippen LogP contribution in [-0.2, 0) is 9.84 Å². The van der Waals surface area contributed by atoms with Crippen molar-refractivity contribution in [2.45, 2.75) is 0 Å². The van der Waals surface area contributed by atoms with Crippen LogP contribution in [0.5, 0.6) is 0 Å². The summed E-state index contributed by atoms with van der Waals surface area (Å²) in [7, 11) is -2.97. The number of pyridine rings is 1. The average Bonchev–Trinajstić information content (AvgIpc) is 2.16. The molecule has 0 aliphatic heterocycles. The summed E-state index contributed by atoms with van der Waals surface area (Å²) < 4.78 is 21.9. The summed E-state index contributed by atoms with van der Waals surface area (Å²) in [6, 6.07) is 3.48. The number of nitrogens with two attached hydrogens (primary N) is 1. The lowest BCUT2D eigenvalue weighted by Crippen LogP contribution is -2.18. The number of anilines is 1. The molecule has 0 fully saturated rings. The molecule has 0 aliphatic rings. The first-order valence-electron chi connectivity index (χ1n) is 4.56. The molecule has 0 spiro atoms. The molecule has 1 heterocycles. The van der Waals surface area contributed by atoms with Gasteiger partial charge in [0.2, 0.25) is 0 Å². The van der Waals surface area contributed by atoms with Gasteiger partial charge < -0.3 is 11.1 Å². The van der Waals surface area contributed by atoms with Gasteiger partial charge in [-0.2, -0.15) is 0 Å². The van der Waals surface area contributed by atoms with E-state index in [1.54, 1.807) is 18.3 Å². The Labute approximate surface area is 100.0 Å². The average molecular weight is 259 g/mol. The molecule has 0 unspecified atom stereocenters. The Morgan fingerprint density at radius 2 is 2.31 bits per heavy atom. The number of rotatable bonds is 5. The van der Waals surface area contributed by atoms with Crippen LogP contribution in [0.4, 0.5) is 5.69 Å². The van der Waals surface area contributed by atoms with Gasteiger partial charge in [-0.05, 0) is 12.1 Å². The van der Waals surface area contributed by atoms with E-state index in [9.17, 15) is 8.42 Å². The van der Waals surface area contributed by atoms with Crippen LogP contribution in [-0.4, -0.2) is 36.9 Å². The van der Waals surface area contributed by atoms with Gasteiger partial charge in [-0.3, -0.25) is 4.98 Å². The van der Waals surface area contributed by atoms with E-state index < -0.39 is 9.84 Å². The molecule has 5 nitrogen and oxygen atoms in total. The van der Waals surface area contributed by atoms with Crippen molar-refractivity contribution in [2.24, 2.45) is 5.73 Å². The van der Waals surface area contributed by atoms with Crippen LogP contribution in [0.2, 0.25) is 0 Å². The topological polar surface area (TPSA) is 85.1 Å². The van der Waals surface area contributed by atoms with Gasteiger partial charge in [0, 0.05) is 19.0 Å². The molecule has 0 radical (unpaired) electrons. The molecule has 0 saturated carbocycles. The smallest absolute Gasteiger partial charge is 0.149 e. The number of nitrogens with one attached hydrogen (secondary N) is 1. The number of aromatic nitrogens is 1. The molecule has 3 N–H and O–H groups in total. The second-order valence-corrected chi connectivity index (χ2v) is 6.02. The van der Waals surface area contributed by atoms with Gasteiger partial charge in [0.15, 0.2) is 0 Å². The van der Waals surface area contributed by atoms with Crippen molar-refractivity contribution in [3.8, 4) is 0 Å². The molecule has 0 atom stereocenters. The third-order valence-electron chi connectivity index (χ3n) is 1.83. The van der Waals surface area contributed by atoms with Crippen LogP contribution in [0.25, 0.3) is 0 Å². The highest BCUT2D eigenvalue weighted by Gasteiger charge is 2.06. The van der Waals surface area contributed by atoms with Crippen LogP contribution in [0, 0.1) is 0 Å². The lowest BCUT2D eigenvalue weighted by atomic mass is 10.3. The lowest BCUT2D eigenvalue weighted by Gasteiger charge is -2.09. The van der Waals surface area contributed by atoms with Gasteiger partial charge in [-0.1, -0.05) is 12.2 Å². The number of thiocarbonyl (C=S) groups is 1. The molecule has 0 aromatic carbocycles. The summed E-state index contributed by atoms with van der Waals surface area (Å²) in [5, 5.41) is 2.94. The van der Waals surface area contributed by atoms with E-state index in [1.165, 1.54) is 6.26 Å². The van der Waals surface area contributed by atoms with E-state index in [0.717, 1.165) is 0 Å². The van der Waals surface area contributed by atoms with E-state index in [0.29, 0.717) is 17.9 Å². The fraction of sp³-hybridized carbons (Fsp3) is 0.333. The molecule has 16 heavy (non-hydrogen) atoms. The van der Waals surface area contributed by atoms with Crippen molar-refractivity contribution < 1.29 is 8.42 Å². The maximum absolute atomic E-state index is 10.9. The number of sulfone groups is 1. The predicted molar refractivity (Wildman–Crippen MR) is 68.3 cm³/mol. The fourth-order valence-corrected chi connectivity index (χ4v) is 1.75. The minimum atomic E-state index is -2.97. The number of hydrogen-bond acceptors (Lipinski definition) is 5. The van der Waals surface area contributed by atoms with Gasteiger partial charge in [0.05, 0.1) is 11.4 Å². The second kappa shape index (κ2) is 5.22. The molecule has 0 aliphatic carbocycles. The number of hydrogen-bond donors (Lipinski definition) is 2. The first-order chi connectivity index (χ1) is 7.40. The Kier molecular flexibility index (Phi) is 4.19. The van der Waals surface area contributed by atoms with Crippen LogP contribution in [0.3, 0.4) is 0 Å². The van der Waals surface area contributed by atoms with Crippen molar-refractivity contribution in [3.05, 3.63) is 24.0 Å². The van der Waals surface area contributed by atoms with E-state index in [1.807, 2.05) is 0 Å². The Morgan fingerprint density at radius 3 is 2.88 bits per heavy atom. The molecular weight excluding hydrogens is 246 g/mol. The Bertz CT molecular complexity index is 485. The standard InChI is InChI=1S/C9H13N3O2S2/c1-16(13,14)6-5-11-7-3-2-4-12-8(7)9(10)15/h2-4,11H,5-6H2,1H3,(H2,10,15). The highest BCUT2D eigenvalue weighted by Crippen LogP contribution is 2.11. The zero-order chi connectivity index (χ0) is 12.2. The van der Waals surface area contributed by atoms with Crippen molar-refractivity contribution in [1.82, 2.24) is 4.98 Å². The molecule has 7 heteroatoms. The molecule has 0 bridgehead atoms. The molecule has 1 rings (SSSR count). The molecule has 1 aromatic rings. The van der Waals surface area contributed by atoms with Gasteiger partial charge in [-0.25, -0.2) is 8.42 Å². The van der Waals surface area contributed by atoms with E-state index in [4.69, 9.17) is 18.0 Å². The monoisotopic (exact) mass is 259 g/mol. The van der Waals surface area contributed by atoms with E-state index in [-0.39, 0.29) is 10.7 Å². The van der Waals surface area contributed by atoms with Crippen molar-refractivity contribution in [2.75, 3.05) is 23.9 Å². The minimum Gasteiger partial charge on any atom is -0.388 e. The SMILES string of the molecule is CS(=O)(=O)CCNc1cccnc1C(N)=S. The van der Waals surface area contributed by atoms with Crippen LogP contribution in [0.1, 0.15) is 5.69 Å². The van der Waals surface area contributed by atoms with Crippen LogP contribution >= 0.6 is 12.2 Å². The predicted octanol–water partition coefficient (Wildman–Crippen LogP) is 0.172. The molecule has 1 aromatic heterocycles. The van der Waals surface area contributed by atoms with Gasteiger partial charge >= 0.3 is 0 Å². The van der Waals surface area contributed by atoms with E-state index >= 15 is 0 Å². The first kappa shape index (κ1) is 12.9. The van der Waals surface area contributed by atoms with Crippen LogP contribution in [0.15, 0.2) is 18.3 Å². The highest BCUT2D eigenvalue weighted by atomic mass is 32.2. The highest BCUT2D eigenvalue weighted by molar-refractivity contribution is 7.90. The van der Waals surface area contributed by atoms with Crippen molar-refractivity contribution in [1.29, 1.82) is 0 Å². The Morgan fingerprint density at radius 1 is 1.62 bits per heavy atom. The summed E-state index contributed by atoms with van der Waals surface area (Å²) in [5.41, 5.74) is 6.61. The molecule has 0 saturated heterocycles. The molecular formula is C9H13N3O2S2. The van der Waals surface area contributed by atoms with Crippen LogP contribution < -0.4 is 11.1 Å². The van der Waals surface area contributed by atoms with Gasteiger partial charge in [0.1, 0.15) is 20.5 Å². The van der Waals surface area contributed by atoms with Gasteiger partial charge in [0.25, 0.3) is 0 Å². The minimum absolute atomic E-state index is 0.0542. The molecule has 0 amide bonds. The van der Waals surface area contributed by atoms with Crippen molar-refractivity contribution >= 4 is 32.7 Å². The summed E-state index contributed by atoms with van der Waals surface area (Å²) in [5.74, 6) is 0.0542. The second-order valence-electron chi connectivity index (χ2n) is 3.32. The van der Waals surface area contributed by atoms with Crippen molar-refractivity contribution in [3.63, 3.8) is 0 Å². The summed E-state index contributed by atoms with van der Waals surface area (Å²) >= 11 is 4.83. The third-order valence-corrected chi connectivity index (χ3v) is 2.97. The first-order valence-corrected chi connectivity index (χ1v) is 7.03. The zero-order valence-electron chi connectivity index (χ0n) is 8.80. The maximum Gasteiger partial charge on any atom is 0.149 e. The maximum atomic E-state index is 10.9. The quantitative estimate of drug-likeness (QED) is 0.733. The fourth-order valence-electron chi connectivity index (χ4n) is 1.12. The summed E-state index contributed by atoms with van der Waals surface area (Å²) in [6.45, 7) is 0.306. The lowest BCUT2D eigenvalue weighted by molar-refractivity contribution is 0.602. The van der Waals surface area contributed by atoms with E-state index in [2.05, 4.69) is 10.3 Å². The largest absolute Gasteiger partial charge is 0.388 e. The normalized spacial score (nSPS) is 11.1. The zero-order valence-corrected chi connectivity index (χ0v) is 10.4. The molecule has 88 valence electrons. The summed E-state index contributed by atoms with van der Waals surface area (Å²) in [4.78, 5) is 4.20. The number of nitrogens with zero attached hydrogens (tertiary/aromatic N) is 1. The summed E-state index contributed by atoms with van der Waals surface area (Å²) in [6.07, 6.45) is 2.77.